The van der Waals surface area contributed by atoms with Crippen LogP contribution in [-0.4, -0.2) is 46.9 Å². The van der Waals surface area contributed by atoms with Crippen molar-refractivity contribution in [2.75, 3.05) is 12.5 Å². The van der Waals surface area contributed by atoms with Gasteiger partial charge in [0.05, 0.1) is 0 Å². The van der Waals surface area contributed by atoms with Crippen LogP contribution in [0.15, 0.2) is 0 Å². The lowest BCUT2D eigenvalue weighted by Crippen LogP contribution is -2.44. The number of nitrogens with one attached hydrogen (secondary N) is 2. The lowest BCUT2D eigenvalue weighted by molar-refractivity contribution is -0.131. The summed E-state index contributed by atoms with van der Waals surface area (Å²) >= 11 is 3.92. The molecule has 0 heterocycles. The van der Waals surface area contributed by atoms with E-state index in [1.807, 2.05) is 23.5 Å². The topological polar surface area (TPSA) is 58.2 Å². The first-order valence-electron chi connectivity index (χ1n) is 11.2. The molecule has 0 aliphatic heterocycles. The van der Waals surface area contributed by atoms with Gasteiger partial charge in [-0.3, -0.25) is 9.59 Å². The Morgan fingerprint density at radius 3 is 1.18 bits per heavy atom. The molecule has 160 valence electrons. The molecule has 6 heteroatoms. The second kappa shape index (κ2) is 11.1. The van der Waals surface area contributed by atoms with E-state index in [1.54, 1.807) is 0 Å². The van der Waals surface area contributed by atoms with Crippen LogP contribution in [0.25, 0.3) is 0 Å². The van der Waals surface area contributed by atoms with E-state index in [0.717, 1.165) is 61.9 Å². The summed E-state index contributed by atoms with van der Waals surface area (Å²) in [6, 6.07) is 0.738. The van der Waals surface area contributed by atoms with Crippen LogP contribution in [0.1, 0.15) is 77.0 Å². The standard InChI is InChI=1S/C22H38N2O2S2/c1-27-19-11-7-17(8-12-19)23-21(25)15-3-5-16(6-4-15)22(26)24-18-9-13-20(28-2)14-10-18/h15-20H,3-14H2,1-2H3,(H,23,25)(H,24,26). The van der Waals surface area contributed by atoms with Crippen LogP contribution < -0.4 is 10.6 Å². The predicted octanol–water partition coefficient (Wildman–Crippen LogP) is 4.37. The summed E-state index contributed by atoms with van der Waals surface area (Å²) in [5.41, 5.74) is 0. The molecule has 3 rings (SSSR count). The highest BCUT2D eigenvalue weighted by Crippen LogP contribution is 2.32. The third-order valence-electron chi connectivity index (χ3n) is 7.18. The molecule has 28 heavy (non-hydrogen) atoms. The fourth-order valence-electron chi connectivity index (χ4n) is 5.14. The van der Waals surface area contributed by atoms with Crippen molar-refractivity contribution in [3.8, 4) is 0 Å². The number of hydrogen-bond donors (Lipinski definition) is 2. The van der Waals surface area contributed by atoms with E-state index < -0.39 is 0 Å². The van der Waals surface area contributed by atoms with Crippen LogP contribution in [0.2, 0.25) is 0 Å². The molecular formula is C22H38N2O2S2. The number of amides is 2. The quantitative estimate of drug-likeness (QED) is 0.662. The normalized spacial score (nSPS) is 36.5. The Balaban J connectivity index is 1.34. The van der Waals surface area contributed by atoms with Gasteiger partial charge in [0.15, 0.2) is 0 Å². The van der Waals surface area contributed by atoms with Gasteiger partial charge in [0, 0.05) is 34.4 Å². The summed E-state index contributed by atoms with van der Waals surface area (Å²) in [6.45, 7) is 0. The molecule has 0 bridgehead atoms. The third kappa shape index (κ3) is 6.32. The van der Waals surface area contributed by atoms with Crippen LogP contribution in [0, 0.1) is 11.8 Å². The van der Waals surface area contributed by atoms with Crippen LogP contribution in [0.3, 0.4) is 0 Å². The number of carbonyl (C=O) groups is 2. The molecule has 2 amide bonds. The molecule has 0 aromatic rings. The van der Waals surface area contributed by atoms with Crippen molar-refractivity contribution in [1.82, 2.24) is 10.6 Å². The zero-order chi connectivity index (χ0) is 19.9. The van der Waals surface area contributed by atoms with Crippen LogP contribution in [0.5, 0.6) is 0 Å². The molecule has 0 atom stereocenters. The monoisotopic (exact) mass is 426 g/mol. The lowest BCUT2D eigenvalue weighted by Gasteiger charge is -2.33. The molecular weight excluding hydrogens is 388 g/mol. The van der Waals surface area contributed by atoms with E-state index in [0.29, 0.717) is 12.1 Å². The highest BCUT2D eigenvalue weighted by atomic mass is 32.2. The first kappa shape index (κ1) is 22.3. The summed E-state index contributed by atoms with van der Waals surface area (Å²) in [4.78, 5) is 25.3. The summed E-state index contributed by atoms with van der Waals surface area (Å²) < 4.78 is 0. The van der Waals surface area contributed by atoms with Crippen molar-refractivity contribution >= 4 is 35.3 Å². The molecule has 4 nitrogen and oxygen atoms in total. The minimum Gasteiger partial charge on any atom is -0.353 e. The average molecular weight is 427 g/mol. The van der Waals surface area contributed by atoms with Crippen molar-refractivity contribution in [2.24, 2.45) is 11.8 Å². The van der Waals surface area contributed by atoms with Gasteiger partial charge in [-0.2, -0.15) is 23.5 Å². The molecule has 0 spiro atoms. The minimum absolute atomic E-state index is 0.111. The largest absolute Gasteiger partial charge is 0.353 e. The highest BCUT2D eigenvalue weighted by molar-refractivity contribution is 7.99. The maximum Gasteiger partial charge on any atom is 0.223 e. The van der Waals surface area contributed by atoms with Gasteiger partial charge < -0.3 is 10.6 Å². The van der Waals surface area contributed by atoms with Crippen molar-refractivity contribution < 1.29 is 9.59 Å². The zero-order valence-corrected chi connectivity index (χ0v) is 19.2. The van der Waals surface area contributed by atoms with E-state index in [1.165, 1.54) is 25.7 Å². The molecule has 3 aliphatic rings. The number of hydrogen-bond acceptors (Lipinski definition) is 4. The molecule has 2 N–H and O–H groups in total. The number of thioether (sulfide) groups is 2. The SMILES string of the molecule is CSC1CCC(NC(=O)C2CCC(C(=O)NC3CCC(SC)CC3)CC2)CC1. The van der Waals surface area contributed by atoms with Gasteiger partial charge in [0.1, 0.15) is 0 Å². The van der Waals surface area contributed by atoms with Crippen molar-refractivity contribution in [3.05, 3.63) is 0 Å². The molecule has 0 aromatic carbocycles. The van der Waals surface area contributed by atoms with E-state index in [4.69, 9.17) is 0 Å². The Morgan fingerprint density at radius 1 is 0.571 bits per heavy atom. The lowest BCUT2D eigenvalue weighted by atomic mass is 9.80. The first-order chi connectivity index (χ1) is 13.6. The predicted molar refractivity (Wildman–Crippen MR) is 121 cm³/mol. The smallest absolute Gasteiger partial charge is 0.223 e. The Kier molecular flexibility index (Phi) is 8.89. The fraction of sp³-hybridized carbons (Fsp3) is 0.909. The van der Waals surface area contributed by atoms with Gasteiger partial charge in [0.2, 0.25) is 11.8 Å². The van der Waals surface area contributed by atoms with Gasteiger partial charge in [-0.1, -0.05) is 0 Å². The van der Waals surface area contributed by atoms with E-state index >= 15 is 0 Å². The molecule has 3 aliphatic carbocycles. The number of rotatable bonds is 6. The minimum atomic E-state index is 0.111. The van der Waals surface area contributed by atoms with Gasteiger partial charge in [-0.15, -0.1) is 0 Å². The molecule has 3 saturated carbocycles. The van der Waals surface area contributed by atoms with Crippen LogP contribution in [-0.2, 0) is 9.59 Å². The molecule has 0 aromatic heterocycles. The fourth-order valence-corrected chi connectivity index (χ4v) is 6.63. The number of carbonyl (C=O) groups excluding carboxylic acids is 2. The summed E-state index contributed by atoms with van der Waals surface area (Å²) in [7, 11) is 0. The first-order valence-corrected chi connectivity index (χ1v) is 13.8. The zero-order valence-electron chi connectivity index (χ0n) is 17.6. The van der Waals surface area contributed by atoms with E-state index in [2.05, 4.69) is 23.1 Å². The molecule has 0 radical (unpaired) electrons. The second-order valence-electron chi connectivity index (χ2n) is 8.98. The van der Waals surface area contributed by atoms with Crippen molar-refractivity contribution in [3.63, 3.8) is 0 Å². The average Bonchev–Trinajstić information content (AvgIpc) is 2.75. The van der Waals surface area contributed by atoms with Gasteiger partial charge in [-0.05, 0) is 89.6 Å². The summed E-state index contributed by atoms with van der Waals surface area (Å²) in [6.07, 6.45) is 17.2. The van der Waals surface area contributed by atoms with Gasteiger partial charge in [-0.25, -0.2) is 0 Å². The second-order valence-corrected chi connectivity index (χ2v) is 11.3. The summed E-state index contributed by atoms with van der Waals surface area (Å²) in [5, 5.41) is 8.16. The Hall–Kier alpha value is -0.360. The molecule has 0 saturated heterocycles. The van der Waals surface area contributed by atoms with Gasteiger partial charge >= 0.3 is 0 Å². The van der Waals surface area contributed by atoms with Crippen LogP contribution >= 0.6 is 23.5 Å². The summed E-state index contributed by atoms with van der Waals surface area (Å²) in [5.74, 6) is 0.697. The van der Waals surface area contributed by atoms with E-state index in [9.17, 15) is 9.59 Å². The third-order valence-corrected chi connectivity index (χ3v) is 9.45. The van der Waals surface area contributed by atoms with Crippen molar-refractivity contribution in [2.45, 2.75) is 99.6 Å². The molecule has 0 unspecified atom stereocenters. The van der Waals surface area contributed by atoms with Gasteiger partial charge in [0.25, 0.3) is 0 Å². The highest BCUT2D eigenvalue weighted by Gasteiger charge is 2.32. The van der Waals surface area contributed by atoms with Crippen molar-refractivity contribution in [1.29, 1.82) is 0 Å². The Labute approximate surface area is 179 Å². The van der Waals surface area contributed by atoms with E-state index in [-0.39, 0.29) is 23.7 Å². The molecule has 3 fully saturated rings. The maximum absolute atomic E-state index is 12.7. The Bertz CT molecular complexity index is 461. The van der Waals surface area contributed by atoms with Crippen LogP contribution in [0.4, 0.5) is 0 Å². The maximum atomic E-state index is 12.7. The Morgan fingerprint density at radius 2 is 0.893 bits per heavy atom.